The molecule has 0 aromatic heterocycles. The summed E-state index contributed by atoms with van der Waals surface area (Å²) in [6.07, 6.45) is 37.4. The Bertz CT molecular complexity index is 907. The molecule has 0 aromatic rings. The van der Waals surface area contributed by atoms with E-state index in [2.05, 4.69) is 50.3 Å². The van der Waals surface area contributed by atoms with Crippen molar-refractivity contribution in [3.63, 3.8) is 0 Å². The van der Waals surface area contributed by atoms with Crippen LogP contribution in [0.4, 0.5) is 0 Å². The lowest BCUT2D eigenvalue weighted by atomic mass is 10.1. The zero-order valence-electron chi connectivity index (χ0n) is 31.2. The Labute approximate surface area is 299 Å². The lowest BCUT2D eigenvalue weighted by Gasteiger charge is -2.19. The molecule has 9 nitrogen and oxygen atoms in total. The average Bonchev–Trinajstić information content (AvgIpc) is 3.08. The molecule has 2 unspecified atom stereocenters. The fraction of sp³-hybridized carbons (Fsp3) is 0.795. The Morgan fingerprint density at radius 3 is 1.61 bits per heavy atom. The lowest BCUT2D eigenvalue weighted by Crippen LogP contribution is -2.29. The first-order valence-electron chi connectivity index (χ1n) is 19.5. The number of phosphoric ester groups is 1. The molecule has 286 valence electrons. The summed E-state index contributed by atoms with van der Waals surface area (Å²) in [7, 11) is -4.38. The van der Waals surface area contributed by atoms with E-state index in [0.717, 1.165) is 77.0 Å². The van der Waals surface area contributed by atoms with Crippen molar-refractivity contribution in [1.82, 2.24) is 0 Å². The van der Waals surface area contributed by atoms with Gasteiger partial charge in [0.1, 0.15) is 6.61 Å². The Morgan fingerprint density at radius 2 is 1.06 bits per heavy atom. The number of unbranched alkanes of at least 4 members (excludes halogenated alkanes) is 17. The van der Waals surface area contributed by atoms with Crippen molar-refractivity contribution in [2.24, 2.45) is 5.73 Å². The van der Waals surface area contributed by atoms with Gasteiger partial charge < -0.3 is 20.1 Å². The molecule has 0 radical (unpaired) electrons. The summed E-state index contributed by atoms with van der Waals surface area (Å²) in [4.78, 5) is 34.7. The highest BCUT2D eigenvalue weighted by Gasteiger charge is 2.25. The van der Waals surface area contributed by atoms with Crippen molar-refractivity contribution in [3.05, 3.63) is 36.5 Å². The summed E-state index contributed by atoms with van der Waals surface area (Å²) < 4.78 is 32.6. The number of nitrogens with two attached hydrogens (primary N) is 1. The maximum Gasteiger partial charge on any atom is 0.472 e. The van der Waals surface area contributed by atoms with Gasteiger partial charge in [-0.1, -0.05) is 121 Å². The highest BCUT2D eigenvalue weighted by Crippen LogP contribution is 2.43. The number of hydrogen-bond acceptors (Lipinski definition) is 8. The summed E-state index contributed by atoms with van der Waals surface area (Å²) in [5.41, 5.74) is 5.33. The predicted molar refractivity (Wildman–Crippen MR) is 201 cm³/mol. The van der Waals surface area contributed by atoms with Crippen LogP contribution in [0.5, 0.6) is 0 Å². The molecule has 0 fully saturated rings. The molecule has 3 N–H and O–H groups in total. The van der Waals surface area contributed by atoms with Gasteiger partial charge in [0.25, 0.3) is 0 Å². The van der Waals surface area contributed by atoms with Crippen LogP contribution >= 0.6 is 7.82 Å². The topological polar surface area (TPSA) is 134 Å². The second kappa shape index (κ2) is 36.0. The SMILES string of the molecule is CCCCC/C=C\C/C=C\CCCCCCCC(=O)OC(COC(=O)CCCCCCC/C=C\CCCCCC)COP(=O)(O)OCCN. The van der Waals surface area contributed by atoms with E-state index in [-0.39, 0.29) is 32.6 Å². The maximum atomic E-state index is 12.5. The first kappa shape index (κ1) is 47.2. The van der Waals surface area contributed by atoms with E-state index in [1.54, 1.807) is 0 Å². The zero-order chi connectivity index (χ0) is 36.1. The minimum atomic E-state index is -4.38. The number of hydrogen-bond donors (Lipinski definition) is 2. The van der Waals surface area contributed by atoms with Crippen molar-refractivity contribution < 1.29 is 37.6 Å². The normalized spacial score (nSPS) is 13.8. The Morgan fingerprint density at radius 1 is 0.612 bits per heavy atom. The van der Waals surface area contributed by atoms with Gasteiger partial charge in [-0.15, -0.1) is 0 Å². The standard InChI is InChI=1S/C39H72NO8P/c1-3-5-7-9-11-13-15-17-18-20-22-24-26-28-30-32-39(42)48-37(36-47-49(43,44)46-34-33-40)35-45-38(41)31-29-27-25-23-21-19-16-14-12-10-8-6-4-2/h11,13-14,16-18,37H,3-10,12,15,19-36,40H2,1-2H3,(H,43,44)/b13-11-,16-14-,18-17-. The second-order valence-corrected chi connectivity index (χ2v) is 14.2. The molecule has 0 amide bonds. The fourth-order valence-corrected chi connectivity index (χ4v) is 5.83. The Hall–Kier alpha value is -1.77. The van der Waals surface area contributed by atoms with E-state index in [0.29, 0.717) is 6.42 Å². The molecule has 0 bridgehead atoms. The van der Waals surface area contributed by atoms with Crippen LogP contribution in [0.3, 0.4) is 0 Å². The average molecular weight is 714 g/mol. The largest absolute Gasteiger partial charge is 0.472 e. The third-order valence-electron chi connectivity index (χ3n) is 8.00. The number of phosphoric acid groups is 1. The van der Waals surface area contributed by atoms with Gasteiger partial charge in [0.15, 0.2) is 6.10 Å². The van der Waals surface area contributed by atoms with Crippen LogP contribution in [0, 0.1) is 0 Å². The molecule has 49 heavy (non-hydrogen) atoms. The van der Waals surface area contributed by atoms with Gasteiger partial charge >= 0.3 is 19.8 Å². The monoisotopic (exact) mass is 713 g/mol. The van der Waals surface area contributed by atoms with Crippen molar-refractivity contribution in [1.29, 1.82) is 0 Å². The number of carbonyl (C=O) groups excluding carboxylic acids is 2. The van der Waals surface area contributed by atoms with Gasteiger partial charge in [-0.2, -0.15) is 0 Å². The molecule has 0 rings (SSSR count). The molecule has 2 atom stereocenters. The molecule has 0 aromatic carbocycles. The summed E-state index contributed by atoms with van der Waals surface area (Å²) >= 11 is 0. The Kier molecular flexibility index (Phi) is 34.7. The number of rotatable bonds is 36. The predicted octanol–water partition coefficient (Wildman–Crippen LogP) is 10.6. The van der Waals surface area contributed by atoms with E-state index >= 15 is 0 Å². The molecule has 0 spiro atoms. The number of allylic oxidation sites excluding steroid dienone is 6. The van der Waals surface area contributed by atoms with Crippen LogP contribution in [-0.2, 0) is 32.7 Å². The van der Waals surface area contributed by atoms with Gasteiger partial charge in [-0.05, 0) is 70.6 Å². The highest BCUT2D eigenvalue weighted by atomic mass is 31.2. The van der Waals surface area contributed by atoms with Crippen molar-refractivity contribution >= 4 is 19.8 Å². The van der Waals surface area contributed by atoms with E-state index in [9.17, 15) is 19.0 Å². The summed E-state index contributed by atoms with van der Waals surface area (Å²) in [5.74, 6) is -0.857. The van der Waals surface area contributed by atoms with E-state index in [1.165, 1.54) is 57.8 Å². The maximum absolute atomic E-state index is 12.5. The molecular weight excluding hydrogens is 641 g/mol. The molecule has 0 aliphatic heterocycles. The number of ether oxygens (including phenoxy) is 2. The molecule has 0 saturated carbocycles. The lowest BCUT2D eigenvalue weighted by molar-refractivity contribution is -0.161. The summed E-state index contributed by atoms with van der Waals surface area (Å²) in [5, 5.41) is 0. The number of carbonyl (C=O) groups is 2. The van der Waals surface area contributed by atoms with Crippen LogP contribution in [0.15, 0.2) is 36.5 Å². The van der Waals surface area contributed by atoms with Crippen molar-refractivity contribution in [2.45, 2.75) is 174 Å². The van der Waals surface area contributed by atoms with E-state index in [4.69, 9.17) is 24.3 Å². The minimum Gasteiger partial charge on any atom is -0.462 e. The summed E-state index contributed by atoms with van der Waals surface area (Å²) in [6, 6.07) is 0. The van der Waals surface area contributed by atoms with Crippen molar-refractivity contribution in [2.75, 3.05) is 26.4 Å². The zero-order valence-corrected chi connectivity index (χ0v) is 32.1. The van der Waals surface area contributed by atoms with Gasteiger partial charge in [-0.3, -0.25) is 18.6 Å². The third kappa shape index (κ3) is 35.8. The van der Waals surface area contributed by atoms with Gasteiger partial charge in [0.05, 0.1) is 13.2 Å². The highest BCUT2D eigenvalue weighted by molar-refractivity contribution is 7.47. The summed E-state index contributed by atoms with van der Waals surface area (Å²) in [6.45, 7) is 3.65. The van der Waals surface area contributed by atoms with Gasteiger partial charge in [-0.25, -0.2) is 4.57 Å². The van der Waals surface area contributed by atoms with E-state index in [1.807, 2.05) is 0 Å². The quantitative estimate of drug-likeness (QED) is 0.0281. The molecular formula is C39H72NO8P. The minimum absolute atomic E-state index is 0.0493. The third-order valence-corrected chi connectivity index (χ3v) is 8.98. The fourth-order valence-electron chi connectivity index (χ4n) is 5.07. The molecule has 10 heteroatoms. The first-order chi connectivity index (χ1) is 23.8. The molecule has 0 aliphatic carbocycles. The van der Waals surface area contributed by atoms with E-state index < -0.39 is 32.5 Å². The second-order valence-electron chi connectivity index (χ2n) is 12.8. The molecule has 0 saturated heterocycles. The van der Waals surface area contributed by atoms with Crippen LogP contribution in [0.1, 0.15) is 168 Å². The van der Waals surface area contributed by atoms with Crippen LogP contribution in [0.25, 0.3) is 0 Å². The first-order valence-corrected chi connectivity index (χ1v) is 21.0. The Balaban J connectivity index is 4.26. The number of esters is 2. The van der Waals surface area contributed by atoms with Crippen LogP contribution < -0.4 is 5.73 Å². The van der Waals surface area contributed by atoms with Gasteiger partial charge in [0.2, 0.25) is 0 Å². The molecule has 0 heterocycles. The molecule has 0 aliphatic rings. The van der Waals surface area contributed by atoms with Gasteiger partial charge in [0, 0.05) is 19.4 Å². The van der Waals surface area contributed by atoms with Crippen LogP contribution in [-0.4, -0.2) is 49.3 Å². The van der Waals surface area contributed by atoms with Crippen LogP contribution in [0.2, 0.25) is 0 Å². The van der Waals surface area contributed by atoms with Crippen molar-refractivity contribution in [3.8, 4) is 0 Å². The smallest absolute Gasteiger partial charge is 0.462 e.